The maximum Gasteiger partial charge on any atom is 0.410 e. The van der Waals surface area contributed by atoms with Gasteiger partial charge in [-0.15, -0.1) is 0 Å². The van der Waals surface area contributed by atoms with E-state index in [1.54, 1.807) is 11.0 Å². The molecule has 0 saturated carbocycles. The van der Waals surface area contributed by atoms with Crippen LogP contribution in [0, 0.1) is 11.3 Å². The number of likely N-dealkylation sites (N-methyl/N-ethyl adjacent to an activating group) is 1. The van der Waals surface area contributed by atoms with E-state index in [0.717, 1.165) is 32.4 Å². The first-order valence-electron chi connectivity index (χ1n) is 11.1. The van der Waals surface area contributed by atoms with Gasteiger partial charge in [0, 0.05) is 38.3 Å². The number of nitrogens with zero attached hydrogens (tertiary/aromatic N) is 6. The third kappa shape index (κ3) is 6.20. The summed E-state index contributed by atoms with van der Waals surface area (Å²) in [4.78, 5) is 27.4. The number of hydrogen-bond acceptors (Lipinski definition) is 8. The van der Waals surface area contributed by atoms with E-state index in [1.165, 1.54) is 0 Å². The van der Waals surface area contributed by atoms with Gasteiger partial charge in [-0.25, -0.2) is 4.79 Å². The highest BCUT2D eigenvalue weighted by molar-refractivity contribution is 5.68. The third-order valence-electron chi connectivity index (χ3n) is 5.69. The minimum Gasteiger partial charge on any atom is -0.459 e. The van der Waals surface area contributed by atoms with Crippen molar-refractivity contribution < 1.29 is 14.3 Å². The van der Waals surface area contributed by atoms with E-state index in [4.69, 9.17) is 9.47 Å². The first-order valence-corrected chi connectivity index (χ1v) is 11.1. The number of carbonyl (C=O) groups is 1. The van der Waals surface area contributed by atoms with Crippen molar-refractivity contribution in [2.45, 2.75) is 64.7 Å². The lowest BCUT2D eigenvalue weighted by molar-refractivity contribution is 0.0263. The Bertz CT molecular complexity index is 818. The Balaban J connectivity index is 1.70. The number of nitriles is 1. The molecule has 1 aromatic heterocycles. The van der Waals surface area contributed by atoms with Crippen molar-refractivity contribution in [2.75, 3.05) is 44.7 Å². The van der Waals surface area contributed by atoms with Gasteiger partial charge in [0.2, 0.25) is 0 Å². The summed E-state index contributed by atoms with van der Waals surface area (Å²) < 4.78 is 11.6. The second-order valence-electron chi connectivity index (χ2n) is 9.33. The molecule has 2 fully saturated rings. The number of rotatable bonds is 4. The van der Waals surface area contributed by atoms with E-state index >= 15 is 0 Å². The van der Waals surface area contributed by atoms with Crippen LogP contribution in [-0.4, -0.2) is 83.4 Å². The van der Waals surface area contributed by atoms with Crippen LogP contribution >= 0.6 is 0 Å². The lowest BCUT2D eigenvalue weighted by Crippen LogP contribution is -2.39. The summed E-state index contributed by atoms with van der Waals surface area (Å²) in [6.45, 7) is 11.2. The second-order valence-corrected chi connectivity index (χ2v) is 9.33. The van der Waals surface area contributed by atoms with E-state index in [-0.39, 0.29) is 23.9 Å². The molecule has 170 valence electrons. The smallest absolute Gasteiger partial charge is 0.410 e. The number of hydrogen-bond donors (Lipinski definition) is 0. The van der Waals surface area contributed by atoms with Gasteiger partial charge in [-0.3, -0.25) is 4.90 Å². The number of carbonyl (C=O) groups excluding carboxylic acids is 1. The molecule has 31 heavy (non-hydrogen) atoms. The van der Waals surface area contributed by atoms with Crippen LogP contribution in [-0.2, 0) is 4.74 Å². The molecule has 1 aromatic rings. The Kier molecular flexibility index (Phi) is 7.21. The van der Waals surface area contributed by atoms with Crippen LogP contribution in [0.2, 0.25) is 0 Å². The first-order chi connectivity index (χ1) is 14.7. The quantitative estimate of drug-likeness (QED) is 0.720. The Hall–Kier alpha value is -2.60. The van der Waals surface area contributed by atoms with Crippen LogP contribution in [0.1, 0.15) is 52.7 Å². The fourth-order valence-electron chi connectivity index (χ4n) is 4.11. The standard InChI is InChI=1S/C22H34N6O3/c1-16(18-8-6-9-26(18)5)30-20-24-17(15-23)14-19(25-20)27-10-7-11-28(13-12-27)21(29)31-22(2,3)4/h14,16,18H,6-13H2,1-5H3/t16-,18-/m0/s1. The molecule has 3 rings (SSSR count). The normalized spacial score (nSPS) is 21.4. The minimum absolute atomic E-state index is 0.0684. The first kappa shape index (κ1) is 23.1. The van der Waals surface area contributed by atoms with Gasteiger partial charge in [0.25, 0.3) is 0 Å². The van der Waals surface area contributed by atoms with Crippen LogP contribution < -0.4 is 9.64 Å². The van der Waals surface area contributed by atoms with Crippen LogP contribution in [0.15, 0.2) is 6.07 Å². The van der Waals surface area contributed by atoms with Gasteiger partial charge in [0.15, 0.2) is 0 Å². The molecule has 2 aliphatic heterocycles. The molecule has 0 spiro atoms. The SMILES string of the molecule is C[C@H](Oc1nc(C#N)cc(N2CCCN(C(=O)OC(C)(C)C)CC2)n1)[C@@H]1CCCN1C. The fourth-order valence-corrected chi connectivity index (χ4v) is 4.11. The zero-order chi connectivity index (χ0) is 22.6. The molecular formula is C22H34N6O3. The monoisotopic (exact) mass is 430 g/mol. The van der Waals surface area contributed by atoms with Gasteiger partial charge >= 0.3 is 12.1 Å². The van der Waals surface area contributed by atoms with Crippen LogP contribution in [0.4, 0.5) is 10.6 Å². The highest BCUT2D eigenvalue weighted by atomic mass is 16.6. The maximum atomic E-state index is 12.4. The number of amides is 1. The van der Waals surface area contributed by atoms with Crippen molar-refractivity contribution in [3.63, 3.8) is 0 Å². The highest BCUT2D eigenvalue weighted by Gasteiger charge is 2.29. The summed E-state index contributed by atoms with van der Waals surface area (Å²) in [6.07, 6.45) is 2.65. The highest BCUT2D eigenvalue weighted by Crippen LogP contribution is 2.23. The average Bonchev–Trinajstić information content (AvgIpc) is 2.97. The molecule has 0 aliphatic carbocycles. The molecule has 0 unspecified atom stereocenters. The largest absolute Gasteiger partial charge is 0.459 e. The van der Waals surface area contributed by atoms with Gasteiger partial charge in [-0.1, -0.05) is 0 Å². The van der Waals surface area contributed by atoms with Gasteiger partial charge in [-0.2, -0.15) is 15.2 Å². The molecule has 9 nitrogen and oxygen atoms in total. The zero-order valence-electron chi connectivity index (χ0n) is 19.3. The van der Waals surface area contributed by atoms with Gasteiger partial charge in [-0.05, 0) is 60.5 Å². The Labute approximate surface area is 184 Å². The number of anilines is 1. The van der Waals surface area contributed by atoms with E-state index < -0.39 is 5.60 Å². The molecule has 9 heteroatoms. The topological polar surface area (TPSA) is 94.8 Å². The number of ether oxygens (including phenoxy) is 2. The summed E-state index contributed by atoms with van der Waals surface area (Å²) in [5, 5.41) is 9.46. The average molecular weight is 431 g/mol. The fraction of sp³-hybridized carbons (Fsp3) is 0.727. The maximum absolute atomic E-state index is 12.4. The van der Waals surface area contributed by atoms with Crippen molar-refractivity contribution in [3.8, 4) is 12.1 Å². The lowest BCUT2D eigenvalue weighted by Gasteiger charge is -2.27. The zero-order valence-corrected chi connectivity index (χ0v) is 19.3. The van der Waals surface area contributed by atoms with Gasteiger partial charge < -0.3 is 19.3 Å². The predicted molar refractivity (Wildman–Crippen MR) is 117 cm³/mol. The van der Waals surface area contributed by atoms with Crippen molar-refractivity contribution in [2.24, 2.45) is 0 Å². The van der Waals surface area contributed by atoms with E-state index in [9.17, 15) is 10.1 Å². The number of likely N-dealkylation sites (tertiary alicyclic amines) is 1. The van der Waals surface area contributed by atoms with Crippen molar-refractivity contribution >= 4 is 11.9 Å². The summed E-state index contributed by atoms with van der Waals surface area (Å²) in [6, 6.07) is 4.35. The van der Waals surface area contributed by atoms with Gasteiger partial charge in [0.1, 0.15) is 29.3 Å². The third-order valence-corrected chi connectivity index (χ3v) is 5.69. The minimum atomic E-state index is -0.520. The van der Waals surface area contributed by atoms with Crippen molar-refractivity contribution in [1.82, 2.24) is 19.8 Å². The molecule has 1 amide bonds. The second kappa shape index (κ2) is 9.69. The molecule has 0 radical (unpaired) electrons. The predicted octanol–water partition coefficient (Wildman–Crippen LogP) is 2.66. The summed E-state index contributed by atoms with van der Waals surface area (Å²) >= 11 is 0. The lowest BCUT2D eigenvalue weighted by atomic mass is 10.1. The molecule has 0 aromatic carbocycles. The molecule has 2 aliphatic rings. The number of aromatic nitrogens is 2. The molecule has 2 saturated heterocycles. The summed E-state index contributed by atoms with van der Waals surface area (Å²) in [7, 11) is 2.10. The summed E-state index contributed by atoms with van der Waals surface area (Å²) in [5.74, 6) is 0.652. The Morgan fingerprint density at radius 2 is 1.97 bits per heavy atom. The molecule has 2 atom stereocenters. The van der Waals surface area contributed by atoms with Gasteiger partial charge in [0.05, 0.1) is 0 Å². The van der Waals surface area contributed by atoms with Crippen LogP contribution in [0.3, 0.4) is 0 Å². The summed E-state index contributed by atoms with van der Waals surface area (Å²) in [5.41, 5.74) is -0.242. The molecule has 3 heterocycles. The van der Waals surface area contributed by atoms with Crippen LogP contribution in [0.5, 0.6) is 6.01 Å². The van der Waals surface area contributed by atoms with E-state index in [0.29, 0.717) is 31.5 Å². The van der Waals surface area contributed by atoms with E-state index in [2.05, 4.69) is 32.9 Å². The molecular weight excluding hydrogens is 396 g/mol. The molecule has 0 N–H and O–H groups in total. The van der Waals surface area contributed by atoms with E-state index in [1.807, 2.05) is 27.7 Å². The van der Waals surface area contributed by atoms with Crippen molar-refractivity contribution in [1.29, 1.82) is 5.26 Å². The Morgan fingerprint density at radius 1 is 1.19 bits per heavy atom. The Morgan fingerprint density at radius 3 is 2.61 bits per heavy atom. The molecule has 0 bridgehead atoms. The van der Waals surface area contributed by atoms with Crippen LogP contribution in [0.25, 0.3) is 0 Å². The van der Waals surface area contributed by atoms with Crippen molar-refractivity contribution in [3.05, 3.63) is 11.8 Å².